The predicted molar refractivity (Wildman–Crippen MR) is 78.1 cm³/mol. The van der Waals surface area contributed by atoms with Crippen LogP contribution in [-0.2, 0) is 0 Å². The quantitative estimate of drug-likeness (QED) is 0.883. The van der Waals surface area contributed by atoms with Crippen molar-refractivity contribution in [2.75, 3.05) is 7.05 Å². The van der Waals surface area contributed by atoms with Crippen molar-refractivity contribution in [2.45, 2.75) is 13.0 Å². The van der Waals surface area contributed by atoms with Crippen LogP contribution in [0.5, 0.6) is 11.5 Å². The molecule has 0 aromatic heterocycles. The van der Waals surface area contributed by atoms with Gasteiger partial charge in [0.25, 0.3) is 0 Å². The van der Waals surface area contributed by atoms with Crippen LogP contribution in [0.4, 0.5) is 4.39 Å². The third kappa shape index (κ3) is 3.33. The van der Waals surface area contributed by atoms with Gasteiger partial charge in [-0.1, -0.05) is 18.2 Å². The first kappa shape index (κ1) is 14.0. The zero-order valence-corrected chi connectivity index (χ0v) is 12.4. The van der Waals surface area contributed by atoms with Gasteiger partial charge in [-0.25, -0.2) is 4.39 Å². The molecular formula is C15H15BrFNO. The van der Waals surface area contributed by atoms with E-state index in [4.69, 9.17) is 4.74 Å². The van der Waals surface area contributed by atoms with Crippen molar-refractivity contribution in [3.63, 3.8) is 0 Å². The molecule has 2 rings (SSSR count). The lowest BCUT2D eigenvalue weighted by Gasteiger charge is -2.13. The molecule has 0 aliphatic heterocycles. The maximum absolute atomic E-state index is 13.5. The molecule has 0 fully saturated rings. The van der Waals surface area contributed by atoms with E-state index in [1.54, 1.807) is 18.2 Å². The lowest BCUT2D eigenvalue weighted by molar-refractivity contribution is 0.439. The summed E-state index contributed by atoms with van der Waals surface area (Å²) in [5, 5.41) is 3.17. The van der Waals surface area contributed by atoms with Gasteiger partial charge in [0.1, 0.15) is 5.75 Å². The van der Waals surface area contributed by atoms with Gasteiger partial charge in [-0.05, 0) is 59.7 Å². The van der Waals surface area contributed by atoms with E-state index < -0.39 is 0 Å². The second kappa shape index (κ2) is 6.17. The van der Waals surface area contributed by atoms with Crippen molar-refractivity contribution >= 4 is 15.9 Å². The Morgan fingerprint density at radius 3 is 2.53 bits per heavy atom. The fraction of sp³-hybridized carbons (Fsp3) is 0.200. The minimum Gasteiger partial charge on any atom is -0.453 e. The van der Waals surface area contributed by atoms with Gasteiger partial charge in [-0.2, -0.15) is 0 Å². The van der Waals surface area contributed by atoms with Gasteiger partial charge in [0, 0.05) is 6.04 Å². The second-order valence-corrected chi connectivity index (χ2v) is 5.09. The summed E-state index contributed by atoms with van der Waals surface area (Å²) >= 11 is 3.45. The lowest BCUT2D eigenvalue weighted by Crippen LogP contribution is -2.12. The number of nitrogens with one attached hydrogen (secondary N) is 1. The highest BCUT2D eigenvalue weighted by Gasteiger charge is 2.09. The number of hydrogen-bond acceptors (Lipinski definition) is 2. The van der Waals surface area contributed by atoms with Gasteiger partial charge in [0.15, 0.2) is 11.6 Å². The Balaban J connectivity index is 2.25. The molecule has 0 radical (unpaired) electrons. The maximum Gasteiger partial charge on any atom is 0.165 e. The van der Waals surface area contributed by atoms with E-state index in [1.807, 2.05) is 25.2 Å². The van der Waals surface area contributed by atoms with E-state index in [0.29, 0.717) is 5.75 Å². The monoisotopic (exact) mass is 323 g/mol. The summed E-state index contributed by atoms with van der Waals surface area (Å²) < 4.78 is 19.9. The summed E-state index contributed by atoms with van der Waals surface area (Å²) in [5.74, 6) is 0.442. The molecule has 0 aliphatic carbocycles. The lowest BCUT2D eigenvalue weighted by atomic mass is 10.1. The first-order chi connectivity index (χ1) is 9.11. The average Bonchev–Trinajstić information content (AvgIpc) is 2.42. The number of benzene rings is 2. The normalized spacial score (nSPS) is 12.2. The van der Waals surface area contributed by atoms with Crippen molar-refractivity contribution in [3.8, 4) is 11.5 Å². The van der Waals surface area contributed by atoms with E-state index in [0.717, 1.165) is 10.0 Å². The molecule has 100 valence electrons. The van der Waals surface area contributed by atoms with Crippen molar-refractivity contribution < 1.29 is 9.13 Å². The van der Waals surface area contributed by atoms with Crippen LogP contribution >= 0.6 is 15.9 Å². The highest BCUT2D eigenvalue weighted by molar-refractivity contribution is 9.10. The van der Waals surface area contributed by atoms with Crippen LogP contribution < -0.4 is 10.1 Å². The summed E-state index contributed by atoms with van der Waals surface area (Å²) in [6, 6.07) is 12.4. The van der Waals surface area contributed by atoms with Gasteiger partial charge >= 0.3 is 0 Å². The molecular weight excluding hydrogens is 309 g/mol. The third-order valence-electron chi connectivity index (χ3n) is 2.95. The Kier molecular flexibility index (Phi) is 4.56. The number of para-hydroxylation sites is 1. The molecule has 0 saturated carbocycles. The van der Waals surface area contributed by atoms with Crippen molar-refractivity contribution in [1.29, 1.82) is 0 Å². The van der Waals surface area contributed by atoms with Crippen LogP contribution in [0.3, 0.4) is 0 Å². The zero-order chi connectivity index (χ0) is 13.8. The number of hydrogen-bond donors (Lipinski definition) is 1. The fourth-order valence-electron chi connectivity index (χ4n) is 1.68. The molecule has 2 aromatic carbocycles. The van der Waals surface area contributed by atoms with Gasteiger partial charge in [-0.15, -0.1) is 0 Å². The van der Waals surface area contributed by atoms with Crippen LogP contribution in [0.15, 0.2) is 46.9 Å². The molecule has 0 saturated heterocycles. The van der Waals surface area contributed by atoms with E-state index in [9.17, 15) is 4.39 Å². The highest BCUT2D eigenvalue weighted by atomic mass is 79.9. The maximum atomic E-state index is 13.5. The SMILES string of the molecule is CNC(C)c1ccc(Oc2ccccc2F)c(Br)c1. The molecule has 4 heteroatoms. The summed E-state index contributed by atoms with van der Waals surface area (Å²) in [7, 11) is 1.91. The number of halogens is 2. The summed E-state index contributed by atoms with van der Waals surface area (Å²) in [4.78, 5) is 0. The Morgan fingerprint density at radius 1 is 1.16 bits per heavy atom. The summed E-state index contributed by atoms with van der Waals surface area (Å²) in [6.45, 7) is 2.07. The molecule has 0 aliphatic rings. The van der Waals surface area contributed by atoms with Crippen molar-refractivity contribution in [2.24, 2.45) is 0 Å². The minimum absolute atomic E-state index is 0.220. The van der Waals surface area contributed by atoms with Crippen molar-refractivity contribution in [3.05, 3.63) is 58.3 Å². The topological polar surface area (TPSA) is 21.3 Å². The molecule has 0 spiro atoms. The predicted octanol–water partition coefficient (Wildman–Crippen LogP) is 4.66. The Bertz CT molecular complexity index is 574. The van der Waals surface area contributed by atoms with E-state index >= 15 is 0 Å². The molecule has 19 heavy (non-hydrogen) atoms. The molecule has 1 unspecified atom stereocenters. The summed E-state index contributed by atoms with van der Waals surface area (Å²) in [5.41, 5.74) is 1.13. The van der Waals surface area contributed by atoms with Crippen molar-refractivity contribution in [1.82, 2.24) is 5.32 Å². The summed E-state index contributed by atoms with van der Waals surface area (Å²) in [6.07, 6.45) is 0. The largest absolute Gasteiger partial charge is 0.453 e. The fourth-order valence-corrected chi connectivity index (χ4v) is 2.16. The first-order valence-electron chi connectivity index (χ1n) is 6.01. The van der Waals surface area contributed by atoms with Crippen LogP contribution in [0.1, 0.15) is 18.5 Å². The van der Waals surface area contributed by atoms with Gasteiger partial charge in [0.05, 0.1) is 4.47 Å². The Hall–Kier alpha value is -1.39. The van der Waals surface area contributed by atoms with Gasteiger partial charge in [0.2, 0.25) is 0 Å². The third-order valence-corrected chi connectivity index (χ3v) is 3.57. The number of ether oxygens (including phenoxy) is 1. The first-order valence-corrected chi connectivity index (χ1v) is 6.80. The second-order valence-electron chi connectivity index (χ2n) is 4.23. The molecule has 1 N–H and O–H groups in total. The molecule has 0 bridgehead atoms. The minimum atomic E-state index is -0.373. The molecule has 2 nitrogen and oxygen atoms in total. The Morgan fingerprint density at radius 2 is 1.89 bits per heavy atom. The van der Waals surface area contributed by atoms with Gasteiger partial charge < -0.3 is 10.1 Å². The van der Waals surface area contributed by atoms with Crippen LogP contribution in [0.2, 0.25) is 0 Å². The molecule has 0 amide bonds. The van der Waals surface area contributed by atoms with Crippen LogP contribution in [0, 0.1) is 5.82 Å². The number of rotatable bonds is 4. The van der Waals surface area contributed by atoms with E-state index in [2.05, 4.69) is 28.2 Å². The highest BCUT2D eigenvalue weighted by Crippen LogP contribution is 2.32. The average molecular weight is 324 g/mol. The standard InChI is InChI=1S/C15H15BrFNO/c1-10(18-2)11-7-8-14(12(16)9-11)19-15-6-4-3-5-13(15)17/h3-10,18H,1-2H3. The molecule has 2 aromatic rings. The van der Waals surface area contributed by atoms with E-state index in [-0.39, 0.29) is 17.6 Å². The van der Waals surface area contributed by atoms with Crippen LogP contribution in [0.25, 0.3) is 0 Å². The van der Waals surface area contributed by atoms with Gasteiger partial charge in [-0.3, -0.25) is 0 Å². The zero-order valence-electron chi connectivity index (χ0n) is 10.8. The smallest absolute Gasteiger partial charge is 0.165 e. The molecule has 1 atom stereocenters. The molecule has 0 heterocycles. The Labute approximate surface area is 120 Å². The van der Waals surface area contributed by atoms with E-state index in [1.165, 1.54) is 6.07 Å². The van der Waals surface area contributed by atoms with Crippen LogP contribution in [-0.4, -0.2) is 7.05 Å².